The molecule has 0 radical (unpaired) electrons. The van der Waals surface area contributed by atoms with Crippen LogP contribution in [0.1, 0.15) is 38.2 Å². The Kier molecular flexibility index (Phi) is 8.12. The van der Waals surface area contributed by atoms with Gasteiger partial charge < -0.3 is 9.47 Å². The fraction of sp³-hybridized carbons (Fsp3) is 0.421. The van der Waals surface area contributed by atoms with Gasteiger partial charge in [0.1, 0.15) is 10.1 Å². The summed E-state index contributed by atoms with van der Waals surface area (Å²) in [5.41, 5.74) is 0.868. The molecule has 0 N–H and O–H groups in total. The molecule has 0 bridgehead atoms. The molecule has 0 saturated carbocycles. The molecule has 1 aliphatic rings. The summed E-state index contributed by atoms with van der Waals surface area (Å²) in [7, 11) is 1.39. The highest BCUT2D eigenvalue weighted by Crippen LogP contribution is 2.34. The van der Waals surface area contributed by atoms with Gasteiger partial charge in [0.25, 0.3) is 5.91 Å². The summed E-state index contributed by atoms with van der Waals surface area (Å²) in [4.78, 5) is 26.0. The zero-order valence-corrected chi connectivity index (χ0v) is 16.7. The highest BCUT2D eigenvalue weighted by molar-refractivity contribution is 8.26. The van der Waals surface area contributed by atoms with E-state index < -0.39 is 0 Å². The molecule has 2 rings (SSSR count). The van der Waals surface area contributed by atoms with Crippen molar-refractivity contribution in [2.75, 3.05) is 20.3 Å². The highest BCUT2D eigenvalue weighted by atomic mass is 32.2. The number of thiocarbonyl (C=S) groups is 1. The van der Waals surface area contributed by atoms with Crippen molar-refractivity contribution in [3.05, 3.63) is 34.7 Å². The number of nitrogens with zero attached hydrogens (tertiary/aromatic N) is 1. The Morgan fingerprint density at radius 2 is 2.04 bits per heavy atom. The monoisotopic (exact) mass is 393 g/mol. The number of esters is 1. The predicted molar refractivity (Wildman–Crippen MR) is 108 cm³/mol. The Morgan fingerprint density at radius 1 is 1.27 bits per heavy atom. The normalized spacial score (nSPS) is 15.6. The van der Waals surface area contributed by atoms with Gasteiger partial charge in [0.05, 0.1) is 18.6 Å². The van der Waals surface area contributed by atoms with Crippen molar-refractivity contribution in [3.8, 4) is 5.75 Å². The first-order valence-corrected chi connectivity index (χ1v) is 9.83. The van der Waals surface area contributed by atoms with E-state index in [9.17, 15) is 9.59 Å². The van der Waals surface area contributed by atoms with Gasteiger partial charge in [-0.2, -0.15) is 0 Å². The zero-order chi connectivity index (χ0) is 18.9. The first-order valence-electron chi connectivity index (χ1n) is 8.60. The van der Waals surface area contributed by atoms with Gasteiger partial charge in [-0.3, -0.25) is 14.5 Å². The smallest absolute Gasteiger partial charge is 0.305 e. The van der Waals surface area contributed by atoms with Crippen LogP contribution in [0.25, 0.3) is 6.08 Å². The lowest BCUT2D eigenvalue weighted by molar-refractivity contribution is -0.140. The summed E-state index contributed by atoms with van der Waals surface area (Å²) in [6.45, 7) is 3.06. The maximum Gasteiger partial charge on any atom is 0.305 e. The lowest BCUT2D eigenvalue weighted by atomic mass is 10.1. The molecule has 0 aromatic heterocycles. The van der Waals surface area contributed by atoms with Gasteiger partial charge in [-0.05, 0) is 31.9 Å². The van der Waals surface area contributed by atoms with Crippen molar-refractivity contribution in [1.82, 2.24) is 4.90 Å². The van der Waals surface area contributed by atoms with Crippen LogP contribution in [0.3, 0.4) is 0 Å². The maximum absolute atomic E-state index is 12.6. The molecule has 7 heteroatoms. The minimum atomic E-state index is -0.202. The van der Waals surface area contributed by atoms with Crippen LogP contribution in [0.15, 0.2) is 29.2 Å². The number of thioether (sulfide) groups is 1. The highest BCUT2D eigenvalue weighted by Gasteiger charge is 2.31. The van der Waals surface area contributed by atoms with Crippen LogP contribution in [0.4, 0.5) is 0 Å². The third-order valence-corrected chi connectivity index (χ3v) is 5.25. The van der Waals surface area contributed by atoms with E-state index >= 15 is 0 Å². The quantitative estimate of drug-likeness (QED) is 0.273. The fourth-order valence-corrected chi connectivity index (χ4v) is 3.84. The Hall–Kier alpha value is -1.86. The number of carbonyl (C=O) groups excluding carboxylic acids is 2. The molecule has 0 aliphatic carbocycles. The first kappa shape index (κ1) is 20.5. The van der Waals surface area contributed by atoms with Gasteiger partial charge in [-0.15, -0.1) is 0 Å². The average Bonchev–Trinajstić information content (AvgIpc) is 2.90. The largest absolute Gasteiger partial charge is 0.493 e. The van der Waals surface area contributed by atoms with Crippen LogP contribution in [0.2, 0.25) is 0 Å². The van der Waals surface area contributed by atoms with E-state index in [0.717, 1.165) is 30.6 Å². The third-order valence-electron chi connectivity index (χ3n) is 3.87. The molecule has 1 saturated heterocycles. The number of amides is 1. The van der Waals surface area contributed by atoms with Gasteiger partial charge in [0.2, 0.25) is 0 Å². The van der Waals surface area contributed by atoms with Crippen molar-refractivity contribution in [2.45, 2.75) is 32.6 Å². The van der Waals surface area contributed by atoms with E-state index in [0.29, 0.717) is 28.8 Å². The molecule has 5 nitrogen and oxygen atoms in total. The first-order chi connectivity index (χ1) is 12.6. The molecule has 1 aliphatic heterocycles. The fourth-order valence-electron chi connectivity index (χ4n) is 2.54. The number of benzene rings is 1. The van der Waals surface area contributed by atoms with Crippen LogP contribution in [0.5, 0.6) is 5.75 Å². The van der Waals surface area contributed by atoms with E-state index in [2.05, 4.69) is 4.74 Å². The topological polar surface area (TPSA) is 55.8 Å². The number of hydrogen-bond donors (Lipinski definition) is 0. The van der Waals surface area contributed by atoms with E-state index in [1.165, 1.54) is 18.9 Å². The minimum absolute atomic E-state index is 0.0701. The number of rotatable bonds is 9. The molecular weight excluding hydrogens is 370 g/mol. The van der Waals surface area contributed by atoms with Crippen molar-refractivity contribution >= 4 is 46.3 Å². The van der Waals surface area contributed by atoms with Gasteiger partial charge in [-0.1, -0.05) is 48.6 Å². The van der Waals surface area contributed by atoms with E-state index in [-0.39, 0.29) is 11.9 Å². The predicted octanol–water partition coefficient (Wildman–Crippen LogP) is 4.02. The van der Waals surface area contributed by atoms with Crippen molar-refractivity contribution in [1.29, 1.82) is 0 Å². The molecule has 0 unspecified atom stereocenters. The van der Waals surface area contributed by atoms with Gasteiger partial charge in [0, 0.05) is 18.5 Å². The van der Waals surface area contributed by atoms with Gasteiger partial charge in [-0.25, -0.2) is 0 Å². The molecular formula is C19H23NO4S2. The van der Waals surface area contributed by atoms with Crippen LogP contribution in [0, 0.1) is 0 Å². The molecule has 0 atom stereocenters. The zero-order valence-electron chi connectivity index (χ0n) is 15.0. The molecule has 1 aromatic rings. The second-order valence-corrected chi connectivity index (χ2v) is 7.37. The summed E-state index contributed by atoms with van der Waals surface area (Å²) in [5.74, 6) is 0.480. The summed E-state index contributed by atoms with van der Waals surface area (Å²) in [5, 5.41) is 0. The lowest BCUT2D eigenvalue weighted by Gasteiger charge is -2.14. The number of methoxy groups -OCH3 is 1. The van der Waals surface area contributed by atoms with Gasteiger partial charge in [0.15, 0.2) is 0 Å². The van der Waals surface area contributed by atoms with Crippen LogP contribution in [-0.2, 0) is 14.3 Å². The number of hydrogen-bond acceptors (Lipinski definition) is 6. The lowest BCUT2D eigenvalue weighted by Crippen LogP contribution is -2.29. The summed E-state index contributed by atoms with van der Waals surface area (Å²) in [6, 6.07) is 7.63. The van der Waals surface area contributed by atoms with Crippen molar-refractivity contribution < 1.29 is 19.1 Å². The Bertz CT molecular complexity index is 703. The Morgan fingerprint density at radius 3 is 2.77 bits per heavy atom. The molecule has 1 heterocycles. The second kappa shape index (κ2) is 10.3. The number of para-hydroxylation sites is 1. The van der Waals surface area contributed by atoms with Crippen molar-refractivity contribution in [2.24, 2.45) is 0 Å². The van der Waals surface area contributed by atoms with E-state index in [1.54, 1.807) is 4.90 Å². The second-order valence-electron chi connectivity index (χ2n) is 5.69. The maximum atomic E-state index is 12.6. The molecule has 0 spiro atoms. The number of carbonyl (C=O) groups is 2. The average molecular weight is 394 g/mol. The van der Waals surface area contributed by atoms with E-state index in [4.69, 9.17) is 17.0 Å². The van der Waals surface area contributed by atoms with Crippen molar-refractivity contribution in [3.63, 3.8) is 0 Å². The summed E-state index contributed by atoms with van der Waals surface area (Å²) < 4.78 is 10.8. The number of unbranched alkanes of at least 4 members (excludes halogenated alkanes) is 2. The SMILES string of the molecule is CCOc1ccccc1/C=C1\SC(=S)N(CCCCCC(=O)OC)C1=O. The molecule has 140 valence electrons. The standard InChI is InChI=1S/C19H23NO4S2/c1-3-24-15-10-7-6-9-14(15)13-16-18(22)20(19(25)26-16)12-8-4-5-11-17(21)23-2/h6-7,9-10,13H,3-5,8,11-12H2,1-2H3/b16-13-. The third kappa shape index (κ3) is 5.57. The number of ether oxygens (including phenoxy) is 2. The summed E-state index contributed by atoms with van der Waals surface area (Å²) >= 11 is 6.67. The molecule has 1 fully saturated rings. The van der Waals surface area contributed by atoms with Crippen LogP contribution >= 0.6 is 24.0 Å². The molecule has 26 heavy (non-hydrogen) atoms. The van der Waals surface area contributed by atoms with E-state index in [1.807, 2.05) is 37.3 Å². The van der Waals surface area contributed by atoms with Gasteiger partial charge >= 0.3 is 5.97 Å². The molecule has 1 aromatic carbocycles. The Labute approximate surface area is 163 Å². The van der Waals surface area contributed by atoms with Crippen LogP contribution < -0.4 is 4.74 Å². The minimum Gasteiger partial charge on any atom is -0.493 e. The Balaban J connectivity index is 1.95. The molecule has 1 amide bonds. The van der Waals surface area contributed by atoms with Crippen LogP contribution in [-0.4, -0.2) is 41.4 Å². The summed E-state index contributed by atoms with van der Waals surface area (Å²) in [6.07, 6.45) is 4.63.